The number of aromatic nitrogens is 2. The second-order valence-electron chi connectivity index (χ2n) is 3.38. The molecule has 0 radical (unpaired) electrons. The molecule has 0 spiro atoms. The van der Waals surface area contributed by atoms with E-state index in [4.69, 9.17) is 5.73 Å². The maximum Gasteiger partial charge on any atom is 0.0525 e. The van der Waals surface area contributed by atoms with E-state index >= 15 is 0 Å². The van der Waals surface area contributed by atoms with Crippen LogP contribution in [0.4, 0.5) is 0 Å². The summed E-state index contributed by atoms with van der Waals surface area (Å²) in [5.41, 5.74) is 7.17. The van der Waals surface area contributed by atoms with Gasteiger partial charge < -0.3 is 11.1 Å². The summed E-state index contributed by atoms with van der Waals surface area (Å²) < 4.78 is 1.82. The first-order valence-electron chi connectivity index (χ1n) is 4.22. The molecule has 0 bridgehead atoms. The van der Waals surface area contributed by atoms with Crippen LogP contribution in [0.15, 0.2) is 12.4 Å². The lowest BCUT2D eigenvalue weighted by Crippen LogP contribution is -2.27. The summed E-state index contributed by atoms with van der Waals surface area (Å²) in [6.45, 7) is 1.90. The number of nitrogens with one attached hydrogen (secondary N) is 1. The Morgan fingerprint density at radius 1 is 1.67 bits per heavy atom. The maximum absolute atomic E-state index is 5.92. The normalized spacial score (nSPS) is 29.5. The van der Waals surface area contributed by atoms with Crippen LogP contribution in [0.2, 0.25) is 0 Å². The van der Waals surface area contributed by atoms with Crippen molar-refractivity contribution in [3.63, 3.8) is 0 Å². The van der Waals surface area contributed by atoms with Gasteiger partial charge in [-0.05, 0) is 5.56 Å². The van der Waals surface area contributed by atoms with Crippen molar-refractivity contribution in [2.24, 2.45) is 12.8 Å². The van der Waals surface area contributed by atoms with Gasteiger partial charge in [0.1, 0.15) is 0 Å². The molecule has 2 rings (SSSR count). The second-order valence-corrected chi connectivity index (χ2v) is 3.38. The van der Waals surface area contributed by atoms with Crippen molar-refractivity contribution >= 4 is 0 Å². The molecule has 1 fully saturated rings. The van der Waals surface area contributed by atoms with Gasteiger partial charge in [-0.2, -0.15) is 5.10 Å². The van der Waals surface area contributed by atoms with E-state index in [-0.39, 0.29) is 6.04 Å². The Hall–Kier alpha value is -0.870. The van der Waals surface area contributed by atoms with Crippen LogP contribution in [0, 0.1) is 0 Å². The third kappa shape index (κ3) is 1.23. The molecule has 66 valence electrons. The van der Waals surface area contributed by atoms with Crippen LogP contribution in [0.3, 0.4) is 0 Å². The Balaban J connectivity index is 2.19. The van der Waals surface area contributed by atoms with Gasteiger partial charge in [0.2, 0.25) is 0 Å². The number of hydrogen-bond donors (Lipinski definition) is 2. The van der Waals surface area contributed by atoms with Crippen LogP contribution in [-0.4, -0.2) is 28.9 Å². The maximum atomic E-state index is 5.92. The largest absolute Gasteiger partial charge is 0.326 e. The Labute approximate surface area is 71.7 Å². The van der Waals surface area contributed by atoms with Gasteiger partial charge in [0.25, 0.3) is 0 Å². The van der Waals surface area contributed by atoms with Crippen LogP contribution in [0.5, 0.6) is 0 Å². The highest BCUT2D eigenvalue weighted by atomic mass is 15.2. The Kier molecular flexibility index (Phi) is 1.86. The van der Waals surface area contributed by atoms with Crippen molar-refractivity contribution < 1.29 is 0 Å². The fraction of sp³-hybridized carbons (Fsp3) is 0.625. The number of hydrogen-bond acceptors (Lipinski definition) is 3. The van der Waals surface area contributed by atoms with E-state index in [1.54, 1.807) is 0 Å². The topological polar surface area (TPSA) is 55.9 Å². The van der Waals surface area contributed by atoms with Crippen LogP contribution < -0.4 is 11.1 Å². The van der Waals surface area contributed by atoms with E-state index in [0.717, 1.165) is 13.1 Å². The fourth-order valence-corrected chi connectivity index (χ4v) is 1.70. The van der Waals surface area contributed by atoms with Gasteiger partial charge >= 0.3 is 0 Å². The highest BCUT2D eigenvalue weighted by Gasteiger charge is 2.25. The number of nitrogens with zero attached hydrogens (tertiary/aromatic N) is 2. The first-order chi connectivity index (χ1) is 5.77. The quantitative estimate of drug-likeness (QED) is 0.587. The molecule has 2 heterocycles. The van der Waals surface area contributed by atoms with E-state index in [1.807, 2.05) is 24.1 Å². The standard InChI is InChI=1S/C8H14N4/c1-12-5-6(2-11-12)7-3-10-4-8(7)9/h2,5,7-8,10H,3-4,9H2,1H3/t7-,8+/m0/s1. The summed E-state index contributed by atoms with van der Waals surface area (Å²) in [6.07, 6.45) is 3.94. The first-order valence-corrected chi connectivity index (χ1v) is 4.22. The van der Waals surface area contributed by atoms with Gasteiger partial charge in [-0.1, -0.05) is 0 Å². The minimum absolute atomic E-state index is 0.245. The second kappa shape index (κ2) is 2.88. The third-order valence-corrected chi connectivity index (χ3v) is 2.41. The smallest absolute Gasteiger partial charge is 0.0525 e. The van der Waals surface area contributed by atoms with Crippen LogP contribution in [0.25, 0.3) is 0 Å². The summed E-state index contributed by atoms with van der Waals surface area (Å²) in [6, 6.07) is 0.245. The van der Waals surface area contributed by atoms with Gasteiger partial charge in [-0.3, -0.25) is 4.68 Å². The molecule has 2 atom stereocenters. The average Bonchev–Trinajstić information content (AvgIpc) is 2.58. The minimum atomic E-state index is 0.245. The molecule has 1 aromatic heterocycles. The number of nitrogens with two attached hydrogens (primary N) is 1. The lowest BCUT2D eigenvalue weighted by Gasteiger charge is -2.10. The molecular weight excluding hydrogens is 152 g/mol. The lowest BCUT2D eigenvalue weighted by atomic mass is 9.98. The summed E-state index contributed by atoms with van der Waals surface area (Å²) in [4.78, 5) is 0. The monoisotopic (exact) mass is 166 g/mol. The van der Waals surface area contributed by atoms with Crippen molar-refractivity contribution in [3.05, 3.63) is 18.0 Å². The third-order valence-electron chi connectivity index (χ3n) is 2.41. The summed E-state index contributed by atoms with van der Waals surface area (Å²) in [5.74, 6) is 0.443. The Morgan fingerprint density at radius 3 is 3.00 bits per heavy atom. The van der Waals surface area contributed by atoms with E-state index in [2.05, 4.69) is 10.4 Å². The molecule has 4 nitrogen and oxygen atoms in total. The molecule has 0 aromatic carbocycles. The Morgan fingerprint density at radius 2 is 2.50 bits per heavy atom. The van der Waals surface area contributed by atoms with Crippen LogP contribution in [-0.2, 0) is 7.05 Å². The molecule has 0 amide bonds. The van der Waals surface area contributed by atoms with E-state index in [9.17, 15) is 0 Å². The molecule has 1 aliphatic rings. The van der Waals surface area contributed by atoms with Gasteiger partial charge in [0, 0.05) is 38.3 Å². The van der Waals surface area contributed by atoms with Gasteiger partial charge in [0.15, 0.2) is 0 Å². The first kappa shape index (κ1) is 7.76. The minimum Gasteiger partial charge on any atom is -0.326 e. The fourth-order valence-electron chi connectivity index (χ4n) is 1.70. The van der Waals surface area contributed by atoms with Gasteiger partial charge in [-0.25, -0.2) is 0 Å². The van der Waals surface area contributed by atoms with Crippen LogP contribution in [0.1, 0.15) is 11.5 Å². The number of rotatable bonds is 1. The predicted octanol–water partition coefficient (Wildman–Crippen LogP) is -0.566. The zero-order valence-electron chi connectivity index (χ0n) is 7.20. The average molecular weight is 166 g/mol. The van der Waals surface area contributed by atoms with Crippen molar-refractivity contribution in [2.45, 2.75) is 12.0 Å². The highest BCUT2D eigenvalue weighted by Crippen LogP contribution is 2.20. The molecular formula is C8H14N4. The molecule has 4 heteroatoms. The molecule has 0 aliphatic carbocycles. The SMILES string of the molecule is Cn1cc([C@@H]2CNC[C@H]2N)cn1. The highest BCUT2D eigenvalue weighted by molar-refractivity contribution is 5.17. The van der Waals surface area contributed by atoms with Crippen molar-refractivity contribution in [1.29, 1.82) is 0 Å². The van der Waals surface area contributed by atoms with Gasteiger partial charge in [-0.15, -0.1) is 0 Å². The molecule has 12 heavy (non-hydrogen) atoms. The summed E-state index contributed by atoms with van der Waals surface area (Å²) >= 11 is 0. The van der Waals surface area contributed by atoms with Gasteiger partial charge in [0.05, 0.1) is 6.20 Å². The molecule has 1 saturated heterocycles. The van der Waals surface area contributed by atoms with E-state index in [1.165, 1.54) is 5.56 Å². The van der Waals surface area contributed by atoms with Crippen molar-refractivity contribution in [2.75, 3.05) is 13.1 Å². The molecule has 0 saturated carbocycles. The van der Waals surface area contributed by atoms with E-state index in [0.29, 0.717) is 5.92 Å². The van der Waals surface area contributed by atoms with Crippen molar-refractivity contribution in [3.8, 4) is 0 Å². The molecule has 1 aliphatic heterocycles. The predicted molar refractivity (Wildman–Crippen MR) is 46.8 cm³/mol. The van der Waals surface area contributed by atoms with Crippen LogP contribution >= 0.6 is 0 Å². The van der Waals surface area contributed by atoms with Crippen molar-refractivity contribution in [1.82, 2.24) is 15.1 Å². The summed E-state index contributed by atoms with van der Waals surface area (Å²) in [7, 11) is 1.93. The lowest BCUT2D eigenvalue weighted by molar-refractivity contribution is 0.652. The van der Waals surface area contributed by atoms with E-state index < -0.39 is 0 Å². The summed E-state index contributed by atoms with van der Waals surface area (Å²) in [5, 5.41) is 7.40. The Bertz CT molecular complexity index is 268. The molecule has 0 unspecified atom stereocenters. The molecule has 1 aromatic rings. The zero-order chi connectivity index (χ0) is 8.55. The number of aryl methyl sites for hydroxylation is 1. The zero-order valence-corrected chi connectivity index (χ0v) is 7.20. The molecule has 3 N–H and O–H groups in total.